The van der Waals surface area contributed by atoms with E-state index < -0.39 is 17.7 Å². The second-order valence-corrected chi connectivity index (χ2v) is 7.73. The van der Waals surface area contributed by atoms with Crippen LogP contribution in [0.5, 0.6) is 11.5 Å². The number of ether oxygens (including phenoxy) is 2. The highest BCUT2D eigenvalue weighted by molar-refractivity contribution is 6.46. The predicted octanol–water partition coefficient (Wildman–Crippen LogP) is 4.37. The number of amides is 1. The zero-order chi connectivity index (χ0) is 23.4. The molecule has 4 rings (SSSR count). The van der Waals surface area contributed by atoms with E-state index in [0.29, 0.717) is 24.3 Å². The van der Waals surface area contributed by atoms with Gasteiger partial charge in [-0.2, -0.15) is 0 Å². The van der Waals surface area contributed by atoms with E-state index in [1.54, 1.807) is 50.6 Å². The van der Waals surface area contributed by atoms with Crippen molar-refractivity contribution < 1.29 is 24.2 Å². The highest BCUT2D eigenvalue weighted by Gasteiger charge is 2.45. The van der Waals surface area contributed by atoms with Crippen molar-refractivity contribution in [1.29, 1.82) is 0 Å². The third kappa shape index (κ3) is 4.46. The average Bonchev–Trinajstić information content (AvgIpc) is 3.12. The Morgan fingerprint density at radius 1 is 0.848 bits per heavy atom. The molecule has 0 saturated carbocycles. The van der Waals surface area contributed by atoms with Crippen molar-refractivity contribution in [2.24, 2.45) is 0 Å². The van der Waals surface area contributed by atoms with Crippen LogP contribution in [0.3, 0.4) is 0 Å². The normalized spacial score (nSPS) is 17.3. The molecule has 33 heavy (non-hydrogen) atoms. The van der Waals surface area contributed by atoms with Crippen molar-refractivity contribution in [1.82, 2.24) is 4.90 Å². The number of aliphatic hydroxyl groups is 1. The Balaban J connectivity index is 1.73. The summed E-state index contributed by atoms with van der Waals surface area (Å²) in [6, 6.07) is 22.9. The Morgan fingerprint density at radius 2 is 1.42 bits per heavy atom. The van der Waals surface area contributed by atoms with Crippen LogP contribution in [-0.2, 0) is 16.0 Å². The van der Waals surface area contributed by atoms with Gasteiger partial charge in [-0.1, -0.05) is 54.6 Å². The molecule has 0 radical (unpaired) electrons. The molecule has 1 saturated heterocycles. The lowest BCUT2D eigenvalue weighted by Gasteiger charge is -2.25. The van der Waals surface area contributed by atoms with Crippen molar-refractivity contribution in [2.45, 2.75) is 12.5 Å². The van der Waals surface area contributed by atoms with E-state index >= 15 is 0 Å². The molecule has 1 heterocycles. The van der Waals surface area contributed by atoms with Gasteiger partial charge in [0.1, 0.15) is 17.3 Å². The average molecular weight is 443 g/mol. The van der Waals surface area contributed by atoms with E-state index in [1.807, 2.05) is 42.5 Å². The minimum absolute atomic E-state index is 0.0890. The summed E-state index contributed by atoms with van der Waals surface area (Å²) in [7, 11) is 3.18. The van der Waals surface area contributed by atoms with Crippen LogP contribution in [0.4, 0.5) is 0 Å². The number of Topliss-reactive ketones (excluding diaryl/α,β-unsaturated/α-hetero) is 1. The van der Waals surface area contributed by atoms with Crippen molar-refractivity contribution >= 4 is 17.4 Å². The summed E-state index contributed by atoms with van der Waals surface area (Å²) >= 11 is 0. The number of benzene rings is 3. The largest absolute Gasteiger partial charge is 0.507 e. The topological polar surface area (TPSA) is 76.1 Å². The summed E-state index contributed by atoms with van der Waals surface area (Å²) < 4.78 is 10.5. The number of hydrogen-bond donors (Lipinski definition) is 1. The van der Waals surface area contributed by atoms with Crippen LogP contribution in [0.25, 0.3) is 5.76 Å². The van der Waals surface area contributed by atoms with E-state index in [4.69, 9.17) is 9.47 Å². The van der Waals surface area contributed by atoms with Crippen LogP contribution in [0.2, 0.25) is 0 Å². The number of rotatable bonds is 7. The molecule has 1 atom stereocenters. The number of likely N-dealkylation sites (tertiary alicyclic amines) is 1. The van der Waals surface area contributed by atoms with E-state index in [9.17, 15) is 14.7 Å². The molecule has 1 unspecified atom stereocenters. The number of methoxy groups -OCH3 is 2. The number of carbonyl (C=O) groups is 2. The summed E-state index contributed by atoms with van der Waals surface area (Å²) in [4.78, 5) is 27.7. The maximum atomic E-state index is 13.1. The fourth-order valence-corrected chi connectivity index (χ4v) is 4.04. The minimum atomic E-state index is -0.700. The molecular formula is C27H25NO5. The Bertz CT molecular complexity index is 1170. The Kier molecular flexibility index (Phi) is 6.45. The van der Waals surface area contributed by atoms with E-state index in [1.165, 1.54) is 4.90 Å². The number of nitrogens with zero attached hydrogens (tertiary/aromatic N) is 1. The van der Waals surface area contributed by atoms with Gasteiger partial charge in [-0.05, 0) is 41.8 Å². The zero-order valence-electron chi connectivity index (χ0n) is 18.5. The second-order valence-electron chi connectivity index (χ2n) is 7.73. The summed E-state index contributed by atoms with van der Waals surface area (Å²) in [6.45, 7) is 0.319. The Hall–Kier alpha value is -4.06. The van der Waals surface area contributed by atoms with Gasteiger partial charge in [-0.3, -0.25) is 9.59 Å². The minimum Gasteiger partial charge on any atom is -0.507 e. The van der Waals surface area contributed by atoms with Gasteiger partial charge in [0.05, 0.1) is 25.8 Å². The molecule has 168 valence electrons. The summed E-state index contributed by atoms with van der Waals surface area (Å²) in [5.41, 5.74) is 2.31. The lowest BCUT2D eigenvalue weighted by atomic mass is 9.95. The first-order valence-electron chi connectivity index (χ1n) is 10.6. The molecule has 0 aliphatic carbocycles. The summed E-state index contributed by atoms with van der Waals surface area (Å²) in [5.74, 6) is -0.0762. The molecule has 6 nitrogen and oxygen atoms in total. The Labute approximate surface area is 192 Å². The SMILES string of the molecule is COc1ccc(CCN2C(=O)C(=O)/C(=C(\O)c3ccccc3)C2c2ccc(OC)cc2)cc1. The molecule has 1 amide bonds. The first-order chi connectivity index (χ1) is 16.0. The molecule has 0 spiro atoms. The van der Waals surface area contributed by atoms with Crippen molar-refractivity contribution in [2.75, 3.05) is 20.8 Å². The number of carbonyl (C=O) groups excluding carboxylic acids is 2. The first kappa shape index (κ1) is 22.1. The highest BCUT2D eigenvalue weighted by Crippen LogP contribution is 2.39. The lowest BCUT2D eigenvalue weighted by molar-refractivity contribution is -0.139. The molecule has 0 bridgehead atoms. The predicted molar refractivity (Wildman–Crippen MR) is 125 cm³/mol. The van der Waals surface area contributed by atoms with Gasteiger partial charge in [-0.15, -0.1) is 0 Å². The van der Waals surface area contributed by atoms with Crippen molar-refractivity contribution in [3.05, 3.63) is 101 Å². The van der Waals surface area contributed by atoms with Crippen LogP contribution in [0.15, 0.2) is 84.4 Å². The van der Waals surface area contributed by atoms with Crippen LogP contribution < -0.4 is 9.47 Å². The summed E-state index contributed by atoms with van der Waals surface area (Å²) in [6.07, 6.45) is 0.551. The molecule has 1 aliphatic rings. The quantitative estimate of drug-likeness (QED) is 0.333. The van der Waals surface area contributed by atoms with Gasteiger partial charge >= 0.3 is 0 Å². The van der Waals surface area contributed by atoms with Crippen molar-refractivity contribution in [3.8, 4) is 11.5 Å². The van der Waals surface area contributed by atoms with Crippen LogP contribution >= 0.6 is 0 Å². The van der Waals surface area contributed by atoms with Gasteiger partial charge in [-0.25, -0.2) is 0 Å². The zero-order valence-corrected chi connectivity index (χ0v) is 18.5. The highest BCUT2D eigenvalue weighted by atomic mass is 16.5. The molecule has 3 aromatic rings. The monoisotopic (exact) mass is 443 g/mol. The van der Waals surface area contributed by atoms with E-state index in [2.05, 4.69) is 0 Å². The van der Waals surface area contributed by atoms with Gasteiger partial charge in [0.2, 0.25) is 0 Å². The Morgan fingerprint density at radius 3 is 2.00 bits per heavy atom. The molecule has 1 N–H and O–H groups in total. The fourth-order valence-electron chi connectivity index (χ4n) is 4.04. The lowest BCUT2D eigenvalue weighted by Crippen LogP contribution is -2.31. The van der Waals surface area contributed by atoms with Crippen LogP contribution in [-0.4, -0.2) is 42.5 Å². The fraction of sp³-hybridized carbons (Fsp3) is 0.185. The molecule has 1 aliphatic heterocycles. The smallest absolute Gasteiger partial charge is 0.295 e. The van der Waals surface area contributed by atoms with Gasteiger partial charge < -0.3 is 19.5 Å². The number of ketones is 1. The summed E-state index contributed by atoms with van der Waals surface area (Å²) in [5, 5.41) is 11.0. The maximum Gasteiger partial charge on any atom is 0.295 e. The van der Waals surface area contributed by atoms with Crippen LogP contribution in [0, 0.1) is 0 Å². The van der Waals surface area contributed by atoms with Crippen molar-refractivity contribution in [3.63, 3.8) is 0 Å². The number of hydrogen-bond acceptors (Lipinski definition) is 5. The standard InChI is InChI=1S/C27H25NO5/c1-32-21-12-8-18(9-13-21)16-17-28-24(19-10-14-22(33-2)15-11-19)23(26(30)27(28)31)25(29)20-6-4-3-5-7-20/h3-15,24,29H,16-17H2,1-2H3/b25-23-. The molecule has 0 aromatic heterocycles. The third-order valence-corrected chi connectivity index (χ3v) is 5.82. The third-order valence-electron chi connectivity index (χ3n) is 5.82. The maximum absolute atomic E-state index is 13.1. The molecule has 6 heteroatoms. The second kappa shape index (κ2) is 9.61. The molecule has 1 fully saturated rings. The first-order valence-corrected chi connectivity index (χ1v) is 10.6. The van der Waals surface area contributed by atoms with Gasteiger partial charge in [0.25, 0.3) is 11.7 Å². The number of aliphatic hydroxyl groups excluding tert-OH is 1. The van der Waals surface area contributed by atoms with E-state index in [0.717, 1.165) is 16.9 Å². The van der Waals surface area contributed by atoms with E-state index in [-0.39, 0.29) is 11.3 Å². The molecular weight excluding hydrogens is 418 g/mol. The van der Waals surface area contributed by atoms with Crippen LogP contribution in [0.1, 0.15) is 22.7 Å². The van der Waals surface area contributed by atoms with Gasteiger partial charge in [0.15, 0.2) is 0 Å². The molecule has 3 aromatic carbocycles. The van der Waals surface area contributed by atoms with Gasteiger partial charge in [0, 0.05) is 12.1 Å².